The van der Waals surface area contributed by atoms with Crippen molar-refractivity contribution in [3.8, 4) is 0 Å². The molecule has 0 aliphatic rings. The highest BCUT2D eigenvalue weighted by Gasteiger charge is 2.35. The topological polar surface area (TPSA) is 78.9 Å². The molecule has 0 aliphatic heterocycles. The average Bonchev–Trinajstić information content (AvgIpc) is 2.33. The second-order valence-electron chi connectivity index (χ2n) is 3.06. The summed E-state index contributed by atoms with van der Waals surface area (Å²) in [5.41, 5.74) is 0. The molecule has 0 spiro atoms. The van der Waals surface area contributed by atoms with Crippen molar-refractivity contribution in [3.63, 3.8) is 0 Å². The van der Waals surface area contributed by atoms with Gasteiger partial charge in [0.05, 0.1) is 26.7 Å². The van der Waals surface area contributed by atoms with E-state index < -0.39 is 28.4 Å². The third-order valence-electron chi connectivity index (χ3n) is 1.94. The van der Waals surface area contributed by atoms with Gasteiger partial charge in [0.15, 0.2) is 0 Å². The van der Waals surface area contributed by atoms with Crippen molar-refractivity contribution >= 4 is 29.0 Å². The average molecular weight is 264 g/mol. The van der Waals surface area contributed by atoms with Gasteiger partial charge in [0.1, 0.15) is 5.25 Å². The summed E-state index contributed by atoms with van der Waals surface area (Å²) >= 11 is 0.608. The van der Waals surface area contributed by atoms with Gasteiger partial charge in [-0.2, -0.15) is 0 Å². The number of thioether (sulfide) groups is 1. The van der Waals surface area contributed by atoms with E-state index in [1.807, 2.05) is 0 Å². The van der Waals surface area contributed by atoms with E-state index in [-0.39, 0.29) is 6.61 Å². The normalized spacial score (nSPS) is 13.4. The molecule has 0 fully saturated rings. The first kappa shape index (κ1) is 15.8. The molecule has 0 amide bonds. The first-order valence-corrected chi connectivity index (χ1v) is 5.84. The van der Waals surface area contributed by atoms with Gasteiger partial charge in [-0.15, -0.1) is 0 Å². The predicted octanol–water partition coefficient (Wildman–Crippen LogP) is 1.23. The summed E-state index contributed by atoms with van der Waals surface area (Å²) in [6.45, 7) is 3.30. The summed E-state index contributed by atoms with van der Waals surface area (Å²) in [7, 11) is 2.41. The lowest BCUT2D eigenvalue weighted by Crippen LogP contribution is -2.33. The fraction of sp³-hybridized carbons (Fsp3) is 0.700. The van der Waals surface area contributed by atoms with Crippen LogP contribution in [-0.4, -0.2) is 43.3 Å². The summed E-state index contributed by atoms with van der Waals surface area (Å²) in [5.74, 6) is -2.01. The van der Waals surface area contributed by atoms with Crippen molar-refractivity contribution in [2.45, 2.75) is 19.1 Å². The van der Waals surface area contributed by atoms with E-state index in [9.17, 15) is 14.4 Å². The third kappa shape index (κ3) is 5.08. The molecule has 0 heterocycles. The van der Waals surface area contributed by atoms with E-state index >= 15 is 0 Å². The number of rotatable bonds is 5. The van der Waals surface area contributed by atoms with Gasteiger partial charge in [-0.05, 0) is 18.7 Å². The molecule has 0 bridgehead atoms. The molecular weight excluding hydrogens is 248 g/mol. The van der Waals surface area contributed by atoms with Crippen LogP contribution in [0.15, 0.2) is 0 Å². The van der Waals surface area contributed by atoms with Crippen LogP contribution in [0.5, 0.6) is 0 Å². The van der Waals surface area contributed by atoms with E-state index in [4.69, 9.17) is 4.74 Å². The minimum Gasteiger partial charge on any atom is -0.469 e. The van der Waals surface area contributed by atoms with Crippen LogP contribution in [0, 0.1) is 5.92 Å². The van der Waals surface area contributed by atoms with Gasteiger partial charge in [0.25, 0.3) is 0 Å². The Hall–Kier alpha value is -1.24. The molecule has 0 N–H and O–H groups in total. The summed E-state index contributed by atoms with van der Waals surface area (Å²) in [6.07, 6.45) is 0. The van der Waals surface area contributed by atoms with Crippen LogP contribution in [0.3, 0.4) is 0 Å². The zero-order chi connectivity index (χ0) is 13.4. The summed E-state index contributed by atoms with van der Waals surface area (Å²) in [6, 6.07) is 0. The zero-order valence-electron chi connectivity index (χ0n) is 10.2. The molecule has 0 aromatic carbocycles. The predicted molar refractivity (Wildman–Crippen MR) is 61.6 cm³/mol. The fourth-order valence-corrected chi connectivity index (χ4v) is 1.82. The van der Waals surface area contributed by atoms with Crippen LogP contribution < -0.4 is 0 Å². The Labute approximate surface area is 104 Å². The van der Waals surface area contributed by atoms with Crippen LogP contribution in [0.4, 0.5) is 4.79 Å². The van der Waals surface area contributed by atoms with Crippen LogP contribution in [0.2, 0.25) is 0 Å². The van der Waals surface area contributed by atoms with Crippen molar-refractivity contribution in [2.24, 2.45) is 5.92 Å². The van der Waals surface area contributed by atoms with E-state index in [0.717, 1.165) is 0 Å². The van der Waals surface area contributed by atoms with Crippen LogP contribution in [0.25, 0.3) is 0 Å². The maximum Gasteiger partial charge on any atom is 0.367 e. The second-order valence-corrected chi connectivity index (χ2v) is 4.13. The van der Waals surface area contributed by atoms with Crippen molar-refractivity contribution in [1.82, 2.24) is 0 Å². The summed E-state index contributed by atoms with van der Waals surface area (Å²) < 4.78 is 13.8. The van der Waals surface area contributed by atoms with Crippen molar-refractivity contribution in [1.29, 1.82) is 0 Å². The summed E-state index contributed by atoms with van der Waals surface area (Å²) in [5, 5.41) is -1.62. The van der Waals surface area contributed by atoms with Crippen molar-refractivity contribution < 1.29 is 28.6 Å². The summed E-state index contributed by atoms with van der Waals surface area (Å²) in [4.78, 5) is 34.1. The third-order valence-corrected chi connectivity index (χ3v) is 3.15. The Bertz CT molecular complexity index is 291. The van der Waals surface area contributed by atoms with E-state index in [0.29, 0.717) is 11.8 Å². The van der Waals surface area contributed by atoms with Crippen molar-refractivity contribution in [2.75, 3.05) is 20.8 Å². The molecule has 0 aliphatic carbocycles. The number of hydrogen-bond acceptors (Lipinski definition) is 7. The molecule has 6 nitrogen and oxygen atoms in total. The second kappa shape index (κ2) is 7.94. The highest BCUT2D eigenvalue weighted by molar-refractivity contribution is 8.14. The van der Waals surface area contributed by atoms with Gasteiger partial charge in [-0.25, -0.2) is 4.79 Å². The largest absolute Gasteiger partial charge is 0.469 e. The lowest BCUT2D eigenvalue weighted by atomic mass is 10.1. The monoisotopic (exact) mass is 264 g/mol. The van der Waals surface area contributed by atoms with Gasteiger partial charge in [-0.1, -0.05) is 6.92 Å². The number of methoxy groups -OCH3 is 2. The molecule has 0 unspecified atom stereocenters. The standard InChI is InChI=1S/C10H16O6S/c1-5-16-9(12)7(17-10(13)15-4)6(2)8(11)14-3/h6-7H,5H2,1-4H3/t6-,7+/m1/s1. The molecule has 17 heavy (non-hydrogen) atoms. The molecule has 0 aromatic heterocycles. The number of carbonyl (C=O) groups is 3. The zero-order valence-corrected chi connectivity index (χ0v) is 11.0. The van der Waals surface area contributed by atoms with Crippen LogP contribution in [0.1, 0.15) is 13.8 Å². The molecule has 0 saturated carbocycles. The Balaban J connectivity index is 4.77. The highest BCUT2D eigenvalue weighted by Crippen LogP contribution is 2.24. The van der Waals surface area contributed by atoms with Gasteiger partial charge in [0, 0.05) is 0 Å². The van der Waals surface area contributed by atoms with Gasteiger partial charge < -0.3 is 14.2 Å². The van der Waals surface area contributed by atoms with E-state index in [1.54, 1.807) is 6.92 Å². The maximum atomic E-state index is 11.6. The molecule has 7 heteroatoms. The minimum atomic E-state index is -0.963. The van der Waals surface area contributed by atoms with E-state index in [1.165, 1.54) is 21.1 Å². The van der Waals surface area contributed by atoms with E-state index in [2.05, 4.69) is 9.47 Å². The molecule has 0 saturated heterocycles. The molecule has 0 rings (SSSR count). The lowest BCUT2D eigenvalue weighted by molar-refractivity contribution is -0.151. The lowest BCUT2D eigenvalue weighted by Gasteiger charge is -2.18. The van der Waals surface area contributed by atoms with Gasteiger partial charge >= 0.3 is 17.2 Å². The Morgan fingerprint density at radius 1 is 1.12 bits per heavy atom. The Morgan fingerprint density at radius 2 is 1.71 bits per heavy atom. The molecule has 2 atom stereocenters. The van der Waals surface area contributed by atoms with Gasteiger partial charge in [0.2, 0.25) is 0 Å². The molecule has 98 valence electrons. The highest BCUT2D eigenvalue weighted by atomic mass is 32.2. The van der Waals surface area contributed by atoms with Gasteiger partial charge in [-0.3, -0.25) is 9.59 Å². The smallest absolute Gasteiger partial charge is 0.367 e. The number of carbonyl (C=O) groups excluding carboxylic acids is 3. The Kier molecular flexibility index (Phi) is 7.36. The molecule has 0 radical (unpaired) electrons. The quantitative estimate of drug-likeness (QED) is 0.545. The number of ether oxygens (including phenoxy) is 3. The number of esters is 2. The number of hydrogen-bond donors (Lipinski definition) is 0. The Morgan fingerprint density at radius 3 is 2.12 bits per heavy atom. The fourth-order valence-electron chi connectivity index (χ4n) is 1.04. The minimum absolute atomic E-state index is 0.172. The SMILES string of the molecule is CCOC(=O)[C@@H](SC(=O)OC)[C@@H](C)C(=O)OC. The molecule has 0 aromatic rings. The van der Waals surface area contributed by atoms with Crippen LogP contribution >= 0.6 is 11.8 Å². The molecular formula is C10H16O6S. The first-order valence-electron chi connectivity index (χ1n) is 4.96. The maximum absolute atomic E-state index is 11.6. The van der Waals surface area contributed by atoms with Crippen molar-refractivity contribution in [3.05, 3.63) is 0 Å². The first-order chi connectivity index (χ1) is 7.97. The van der Waals surface area contributed by atoms with Crippen LogP contribution in [-0.2, 0) is 23.8 Å².